The Balaban J connectivity index is 1.52. The van der Waals surface area contributed by atoms with Crippen LogP contribution in [-0.4, -0.2) is 47.9 Å². The molecule has 1 aromatic rings. The maximum atomic E-state index is 12.8. The molecule has 0 aromatic heterocycles. The van der Waals surface area contributed by atoms with Crippen molar-refractivity contribution in [1.82, 2.24) is 10.2 Å². The maximum Gasteiger partial charge on any atom is 0.329 e. The molecule has 30 heavy (non-hydrogen) atoms. The second kappa shape index (κ2) is 10.6. The third kappa shape index (κ3) is 5.83. The monoisotopic (exact) mass is 414 g/mol. The van der Waals surface area contributed by atoms with Crippen molar-refractivity contribution in [3.05, 3.63) is 35.9 Å². The third-order valence-electron chi connectivity index (χ3n) is 6.35. The summed E-state index contributed by atoms with van der Waals surface area (Å²) in [7, 11) is 0. The van der Waals surface area contributed by atoms with Crippen LogP contribution in [-0.2, 0) is 25.5 Å². The molecule has 1 N–H and O–H groups in total. The first-order chi connectivity index (χ1) is 14.5. The van der Waals surface area contributed by atoms with E-state index in [0.717, 1.165) is 31.4 Å². The quantitative estimate of drug-likeness (QED) is 0.696. The van der Waals surface area contributed by atoms with E-state index in [1.54, 1.807) is 0 Å². The largest absolute Gasteiger partial charge is 0.454 e. The SMILES string of the molecule is CC(C)[C@H](NC(=O)Cc1ccccc1)C(=O)OCC(=O)N1CCC[C@@H]2CCCC[C@@H]21. The van der Waals surface area contributed by atoms with Crippen LogP contribution in [0, 0.1) is 11.8 Å². The molecule has 6 nitrogen and oxygen atoms in total. The number of fused-ring (bicyclic) bond motifs is 1. The summed E-state index contributed by atoms with van der Waals surface area (Å²) in [5.41, 5.74) is 0.883. The topological polar surface area (TPSA) is 75.7 Å². The van der Waals surface area contributed by atoms with E-state index >= 15 is 0 Å². The van der Waals surface area contributed by atoms with Crippen molar-refractivity contribution >= 4 is 17.8 Å². The molecule has 0 bridgehead atoms. The number of nitrogens with zero attached hydrogens (tertiary/aromatic N) is 1. The second-order valence-electron chi connectivity index (χ2n) is 8.90. The predicted octanol–water partition coefficient (Wildman–Crippen LogP) is 3.09. The Labute approximate surface area is 179 Å². The average molecular weight is 415 g/mol. The van der Waals surface area contributed by atoms with Crippen molar-refractivity contribution in [2.24, 2.45) is 11.8 Å². The number of ether oxygens (including phenoxy) is 1. The summed E-state index contributed by atoms with van der Waals surface area (Å²) in [6.45, 7) is 4.21. The number of rotatable bonds is 7. The van der Waals surface area contributed by atoms with Crippen molar-refractivity contribution in [2.75, 3.05) is 13.2 Å². The van der Waals surface area contributed by atoms with Gasteiger partial charge in [-0.1, -0.05) is 57.0 Å². The molecule has 6 heteroatoms. The van der Waals surface area contributed by atoms with Gasteiger partial charge in [0, 0.05) is 12.6 Å². The van der Waals surface area contributed by atoms with Gasteiger partial charge < -0.3 is 15.0 Å². The zero-order chi connectivity index (χ0) is 21.5. The lowest BCUT2D eigenvalue weighted by molar-refractivity contribution is -0.157. The minimum atomic E-state index is -0.766. The zero-order valence-corrected chi connectivity index (χ0v) is 18.1. The van der Waals surface area contributed by atoms with Crippen LogP contribution in [0.3, 0.4) is 0 Å². The fourth-order valence-corrected chi connectivity index (χ4v) is 4.74. The fourth-order valence-electron chi connectivity index (χ4n) is 4.74. The van der Waals surface area contributed by atoms with Crippen molar-refractivity contribution < 1.29 is 19.1 Å². The number of hydrogen-bond donors (Lipinski definition) is 1. The number of piperidine rings is 1. The fraction of sp³-hybridized carbons (Fsp3) is 0.625. The Morgan fingerprint density at radius 3 is 2.50 bits per heavy atom. The van der Waals surface area contributed by atoms with Gasteiger partial charge in [-0.25, -0.2) is 4.79 Å². The van der Waals surface area contributed by atoms with E-state index in [2.05, 4.69) is 5.32 Å². The van der Waals surface area contributed by atoms with E-state index in [0.29, 0.717) is 12.0 Å². The second-order valence-corrected chi connectivity index (χ2v) is 8.90. The minimum absolute atomic E-state index is 0.113. The lowest BCUT2D eigenvalue weighted by atomic mass is 9.78. The Kier molecular flexibility index (Phi) is 7.88. The van der Waals surface area contributed by atoms with Crippen molar-refractivity contribution in [3.63, 3.8) is 0 Å². The van der Waals surface area contributed by atoms with Crippen molar-refractivity contribution in [1.29, 1.82) is 0 Å². The molecule has 1 heterocycles. The molecule has 0 spiro atoms. The van der Waals surface area contributed by atoms with Gasteiger partial charge in [-0.3, -0.25) is 9.59 Å². The first kappa shape index (κ1) is 22.3. The zero-order valence-electron chi connectivity index (χ0n) is 18.1. The highest BCUT2D eigenvalue weighted by Crippen LogP contribution is 2.35. The molecule has 1 saturated carbocycles. The molecule has 0 radical (unpaired) electrons. The highest BCUT2D eigenvalue weighted by Gasteiger charge is 2.36. The van der Waals surface area contributed by atoms with Gasteiger partial charge in [0.05, 0.1) is 6.42 Å². The molecule has 2 amide bonds. The molecule has 3 atom stereocenters. The number of esters is 1. The molecule has 1 aromatic carbocycles. The lowest BCUT2D eigenvalue weighted by Gasteiger charge is -2.44. The van der Waals surface area contributed by atoms with Gasteiger partial charge in [-0.05, 0) is 43.1 Å². The van der Waals surface area contributed by atoms with Gasteiger partial charge in [-0.2, -0.15) is 0 Å². The summed E-state index contributed by atoms with van der Waals surface area (Å²) in [5, 5.41) is 2.77. The Bertz CT molecular complexity index is 732. The van der Waals surface area contributed by atoms with Crippen LogP contribution >= 0.6 is 0 Å². The predicted molar refractivity (Wildman–Crippen MR) is 115 cm³/mol. The van der Waals surface area contributed by atoms with Gasteiger partial charge in [0.2, 0.25) is 5.91 Å². The van der Waals surface area contributed by atoms with Crippen LogP contribution in [0.4, 0.5) is 0 Å². The number of carbonyl (C=O) groups is 3. The first-order valence-electron chi connectivity index (χ1n) is 11.2. The normalized spacial score (nSPS) is 22.2. The molecule has 1 aliphatic carbocycles. The Morgan fingerprint density at radius 2 is 1.77 bits per heavy atom. The molecule has 164 valence electrons. The highest BCUT2D eigenvalue weighted by molar-refractivity contribution is 5.87. The van der Waals surface area contributed by atoms with Crippen LogP contribution < -0.4 is 5.32 Å². The van der Waals surface area contributed by atoms with Crippen LogP contribution in [0.1, 0.15) is 57.9 Å². The number of nitrogens with one attached hydrogen (secondary N) is 1. The standard InChI is InChI=1S/C24H34N2O4/c1-17(2)23(25-21(27)15-18-9-4-3-5-10-18)24(29)30-16-22(28)26-14-8-12-19-11-6-7-13-20(19)26/h3-5,9-10,17,19-20,23H,6-8,11-16H2,1-2H3,(H,25,27)/t19-,20-,23-/m0/s1. The third-order valence-corrected chi connectivity index (χ3v) is 6.35. The van der Waals surface area contributed by atoms with Crippen molar-refractivity contribution in [3.8, 4) is 0 Å². The van der Waals surface area contributed by atoms with Gasteiger partial charge >= 0.3 is 5.97 Å². The van der Waals surface area contributed by atoms with Crippen molar-refractivity contribution in [2.45, 2.75) is 70.9 Å². The van der Waals surface area contributed by atoms with Crippen LogP contribution in [0.2, 0.25) is 0 Å². The Morgan fingerprint density at radius 1 is 1.07 bits per heavy atom. The minimum Gasteiger partial charge on any atom is -0.454 e. The van der Waals surface area contributed by atoms with Gasteiger partial charge in [-0.15, -0.1) is 0 Å². The smallest absolute Gasteiger partial charge is 0.329 e. The average Bonchev–Trinajstić information content (AvgIpc) is 2.75. The molecule has 2 aliphatic rings. The molecular weight excluding hydrogens is 380 g/mol. The summed E-state index contributed by atoms with van der Waals surface area (Å²) in [5.74, 6) is -0.433. The summed E-state index contributed by atoms with van der Waals surface area (Å²) < 4.78 is 5.37. The number of likely N-dealkylation sites (tertiary alicyclic amines) is 1. The number of benzene rings is 1. The van der Waals surface area contributed by atoms with E-state index in [1.165, 1.54) is 19.3 Å². The van der Waals surface area contributed by atoms with Crippen LogP contribution in [0.15, 0.2) is 30.3 Å². The Hall–Kier alpha value is -2.37. The highest BCUT2D eigenvalue weighted by atomic mass is 16.5. The maximum absolute atomic E-state index is 12.8. The molecular formula is C24H34N2O4. The molecule has 1 saturated heterocycles. The summed E-state index contributed by atoms with van der Waals surface area (Å²) in [6.07, 6.45) is 7.06. The number of carbonyl (C=O) groups excluding carboxylic acids is 3. The number of hydrogen-bond acceptors (Lipinski definition) is 4. The van der Waals surface area contributed by atoms with Gasteiger partial charge in [0.25, 0.3) is 5.91 Å². The molecule has 1 aliphatic heterocycles. The van der Waals surface area contributed by atoms with E-state index in [1.807, 2.05) is 49.1 Å². The van der Waals surface area contributed by atoms with E-state index in [-0.39, 0.29) is 30.8 Å². The molecule has 2 fully saturated rings. The molecule has 0 unspecified atom stereocenters. The van der Waals surface area contributed by atoms with Gasteiger partial charge in [0.1, 0.15) is 6.04 Å². The van der Waals surface area contributed by atoms with Gasteiger partial charge in [0.15, 0.2) is 6.61 Å². The molecule has 3 rings (SSSR count). The first-order valence-corrected chi connectivity index (χ1v) is 11.2. The summed E-state index contributed by atoms with van der Waals surface area (Å²) in [6, 6.07) is 8.92. The van der Waals surface area contributed by atoms with E-state index < -0.39 is 12.0 Å². The van der Waals surface area contributed by atoms with E-state index in [4.69, 9.17) is 4.74 Å². The lowest BCUT2D eigenvalue weighted by Crippen LogP contribution is -2.51. The van der Waals surface area contributed by atoms with E-state index in [9.17, 15) is 14.4 Å². The van der Waals surface area contributed by atoms with Crippen LogP contribution in [0.25, 0.3) is 0 Å². The summed E-state index contributed by atoms with van der Waals surface area (Å²) >= 11 is 0. The van der Waals surface area contributed by atoms with Crippen LogP contribution in [0.5, 0.6) is 0 Å². The number of amides is 2. The summed E-state index contributed by atoms with van der Waals surface area (Å²) in [4.78, 5) is 39.7.